The van der Waals surface area contributed by atoms with Crippen molar-refractivity contribution in [3.05, 3.63) is 144 Å². The van der Waals surface area contributed by atoms with Gasteiger partial charge in [-0.05, 0) is 48.7 Å². The van der Waals surface area contributed by atoms with E-state index in [4.69, 9.17) is 4.74 Å². The first-order valence-corrected chi connectivity index (χ1v) is 14.2. The van der Waals surface area contributed by atoms with Crippen LogP contribution in [0.3, 0.4) is 0 Å². The highest BCUT2D eigenvalue weighted by Gasteiger charge is 2.21. The summed E-state index contributed by atoms with van der Waals surface area (Å²) in [6.45, 7) is 6.96. The zero-order valence-corrected chi connectivity index (χ0v) is 24.2. The molecule has 4 aromatic carbocycles. The number of nitrogens with one attached hydrogen (secondary N) is 1. The third kappa shape index (κ3) is 8.91. The molecule has 1 atom stereocenters. The van der Waals surface area contributed by atoms with E-state index in [0.29, 0.717) is 54.3 Å². The molecule has 0 spiro atoms. The van der Waals surface area contributed by atoms with Gasteiger partial charge >= 0.3 is 5.97 Å². The van der Waals surface area contributed by atoms with Gasteiger partial charge in [-0.3, -0.25) is 9.59 Å². The van der Waals surface area contributed by atoms with Gasteiger partial charge in [0.2, 0.25) is 5.91 Å². The molecule has 7 nitrogen and oxygen atoms in total. The number of para-hydroxylation sites is 1. The minimum atomic E-state index is -1.02. The van der Waals surface area contributed by atoms with Gasteiger partial charge in [-0.2, -0.15) is 0 Å². The first kappa shape index (κ1) is 30.8. The lowest BCUT2D eigenvalue weighted by atomic mass is 10.00. The van der Waals surface area contributed by atoms with Gasteiger partial charge in [0.15, 0.2) is 5.78 Å². The maximum absolute atomic E-state index is 13.1. The van der Waals surface area contributed by atoms with E-state index in [2.05, 4.69) is 11.9 Å². The van der Waals surface area contributed by atoms with Gasteiger partial charge < -0.3 is 20.1 Å². The highest BCUT2D eigenvalue weighted by atomic mass is 16.5. The number of nitrogens with zero attached hydrogens (tertiary/aromatic N) is 1. The highest BCUT2D eigenvalue weighted by molar-refractivity contribution is 6.12. The summed E-state index contributed by atoms with van der Waals surface area (Å²) in [5.74, 6) is -0.627. The predicted molar refractivity (Wildman–Crippen MR) is 168 cm³/mol. The molecular formula is C36H36N2O5. The molecule has 0 aliphatic rings. The van der Waals surface area contributed by atoms with E-state index < -0.39 is 12.0 Å². The number of anilines is 1. The Kier molecular flexibility index (Phi) is 10.9. The van der Waals surface area contributed by atoms with Crippen LogP contribution in [0.2, 0.25) is 0 Å². The minimum Gasteiger partial charge on any atom is -0.494 e. The molecular weight excluding hydrogens is 540 g/mol. The number of amides is 1. The number of ketones is 1. The molecule has 0 radical (unpaired) electrons. The molecule has 220 valence electrons. The topological polar surface area (TPSA) is 95.9 Å². The molecule has 0 unspecified atom stereocenters. The zero-order chi connectivity index (χ0) is 30.6. The molecule has 4 aromatic rings. The maximum Gasteiger partial charge on any atom is 0.326 e. The van der Waals surface area contributed by atoms with Gasteiger partial charge in [-0.25, -0.2) is 4.79 Å². The standard InChI is InChI=1S/C36H36N2O5/c1-26(2)35(40)38(25-28-12-5-3-6-13-28)22-11-23-43-30-20-18-27(19-21-30)24-33(36(41)42)37-32-17-10-9-16-31(32)34(39)29-14-7-4-8-15-29/h3-10,12-21,33,37H,1,11,22-25H2,2H3,(H,41,42)/t33-/m0/s1. The number of carboxylic acids is 1. The van der Waals surface area contributed by atoms with Gasteiger partial charge in [0, 0.05) is 41.9 Å². The van der Waals surface area contributed by atoms with Crippen LogP contribution >= 0.6 is 0 Å². The molecule has 1 amide bonds. The van der Waals surface area contributed by atoms with E-state index >= 15 is 0 Å². The number of aliphatic carboxylic acids is 1. The second-order valence-electron chi connectivity index (χ2n) is 10.3. The predicted octanol–water partition coefficient (Wildman–Crippen LogP) is 6.40. The van der Waals surface area contributed by atoms with Crippen molar-refractivity contribution in [2.45, 2.75) is 32.4 Å². The fraction of sp³-hybridized carbons (Fsp3) is 0.194. The number of benzene rings is 4. The number of ether oxygens (including phenoxy) is 1. The van der Waals surface area contributed by atoms with Crippen LogP contribution in [-0.2, 0) is 22.6 Å². The number of carbonyl (C=O) groups excluding carboxylic acids is 2. The lowest BCUT2D eigenvalue weighted by Crippen LogP contribution is -2.32. The summed E-state index contributed by atoms with van der Waals surface area (Å²) in [7, 11) is 0. The maximum atomic E-state index is 13.1. The average Bonchev–Trinajstić information content (AvgIpc) is 3.03. The molecule has 0 aromatic heterocycles. The van der Waals surface area contributed by atoms with Crippen LogP contribution < -0.4 is 10.1 Å². The van der Waals surface area contributed by atoms with Crippen molar-refractivity contribution in [3.63, 3.8) is 0 Å². The number of hydrogen-bond acceptors (Lipinski definition) is 5. The normalized spacial score (nSPS) is 11.3. The van der Waals surface area contributed by atoms with Gasteiger partial charge in [0.25, 0.3) is 0 Å². The molecule has 43 heavy (non-hydrogen) atoms. The Bertz CT molecular complexity index is 1540. The van der Waals surface area contributed by atoms with E-state index in [9.17, 15) is 19.5 Å². The molecule has 2 N–H and O–H groups in total. The summed E-state index contributed by atoms with van der Waals surface area (Å²) in [6.07, 6.45) is 0.848. The summed E-state index contributed by atoms with van der Waals surface area (Å²) in [4.78, 5) is 39.6. The molecule has 7 heteroatoms. The molecule has 0 saturated carbocycles. The number of rotatable bonds is 15. The Morgan fingerprint density at radius 2 is 1.47 bits per heavy atom. The van der Waals surface area contributed by atoms with E-state index in [1.165, 1.54) is 0 Å². The molecule has 0 fully saturated rings. The van der Waals surface area contributed by atoms with E-state index in [0.717, 1.165) is 11.1 Å². The van der Waals surface area contributed by atoms with Crippen molar-refractivity contribution in [1.29, 1.82) is 0 Å². The Hall–Kier alpha value is -5.17. The molecule has 0 bridgehead atoms. The van der Waals surface area contributed by atoms with Gasteiger partial charge in [-0.15, -0.1) is 0 Å². The summed E-state index contributed by atoms with van der Waals surface area (Å²) in [6, 6.07) is 32.0. The monoisotopic (exact) mass is 576 g/mol. The summed E-state index contributed by atoms with van der Waals surface area (Å²) in [5.41, 5.74) is 3.76. The summed E-state index contributed by atoms with van der Waals surface area (Å²) >= 11 is 0. The highest BCUT2D eigenvalue weighted by Crippen LogP contribution is 2.22. The molecule has 0 aliphatic heterocycles. The lowest BCUT2D eigenvalue weighted by Gasteiger charge is -2.23. The second kappa shape index (κ2) is 15.2. The third-order valence-corrected chi connectivity index (χ3v) is 6.91. The first-order chi connectivity index (χ1) is 20.8. The number of carbonyl (C=O) groups is 3. The smallest absolute Gasteiger partial charge is 0.326 e. The SMILES string of the molecule is C=C(C)C(=O)N(CCCOc1ccc(C[C@H](Nc2ccccc2C(=O)c2ccccc2)C(=O)O)cc1)Cc1ccccc1. The Morgan fingerprint density at radius 3 is 2.12 bits per heavy atom. The Labute approximate surface area is 252 Å². The minimum absolute atomic E-state index is 0.0816. The van der Waals surface area contributed by atoms with Crippen molar-refractivity contribution in [2.24, 2.45) is 0 Å². The van der Waals surface area contributed by atoms with Crippen LogP contribution in [-0.4, -0.2) is 46.9 Å². The quantitative estimate of drug-likeness (QED) is 0.0966. The number of carboxylic acid groups (broad SMARTS) is 1. The van der Waals surface area contributed by atoms with E-state index in [1.807, 2.05) is 60.7 Å². The van der Waals surface area contributed by atoms with Gasteiger partial charge in [-0.1, -0.05) is 91.5 Å². The lowest BCUT2D eigenvalue weighted by molar-refractivity contribution is -0.137. The third-order valence-electron chi connectivity index (χ3n) is 6.91. The van der Waals surface area contributed by atoms with Crippen molar-refractivity contribution < 1.29 is 24.2 Å². The van der Waals surface area contributed by atoms with Crippen LogP contribution in [0.1, 0.15) is 40.4 Å². The second-order valence-corrected chi connectivity index (χ2v) is 10.3. The van der Waals surface area contributed by atoms with E-state index in [1.54, 1.807) is 60.4 Å². The van der Waals surface area contributed by atoms with Crippen molar-refractivity contribution in [3.8, 4) is 5.75 Å². The molecule has 4 rings (SSSR count). The van der Waals surface area contributed by atoms with E-state index in [-0.39, 0.29) is 18.1 Å². The average molecular weight is 577 g/mol. The van der Waals surface area contributed by atoms with Crippen molar-refractivity contribution >= 4 is 23.3 Å². The van der Waals surface area contributed by atoms with Crippen LogP contribution in [0.5, 0.6) is 5.75 Å². The fourth-order valence-electron chi connectivity index (χ4n) is 4.67. The fourth-order valence-corrected chi connectivity index (χ4v) is 4.67. The largest absolute Gasteiger partial charge is 0.494 e. The number of hydrogen-bond donors (Lipinski definition) is 2. The molecule has 0 saturated heterocycles. The molecule has 0 heterocycles. The Morgan fingerprint density at radius 1 is 0.837 bits per heavy atom. The molecule has 0 aliphatic carbocycles. The van der Waals surface area contributed by atoms with Crippen molar-refractivity contribution in [1.82, 2.24) is 4.90 Å². The summed E-state index contributed by atoms with van der Waals surface area (Å²) < 4.78 is 5.90. The van der Waals surface area contributed by atoms with Crippen LogP contribution in [0.4, 0.5) is 5.69 Å². The van der Waals surface area contributed by atoms with Gasteiger partial charge in [0.05, 0.1) is 6.61 Å². The zero-order valence-electron chi connectivity index (χ0n) is 24.2. The van der Waals surface area contributed by atoms with Crippen LogP contribution in [0, 0.1) is 0 Å². The van der Waals surface area contributed by atoms with Crippen LogP contribution in [0.15, 0.2) is 121 Å². The van der Waals surface area contributed by atoms with Crippen LogP contribution in [0.25, 0.3) is 0 Å². The summed E-state index contributed by atoms with van der Waals surface area (Å²) in [5, 5.41) is 13.0. The van der Waals surface area contributed by atoms with Crippen molar-refractivity contribution in [2.75, 3.05) is 18.5 Å². The first-order valence-electron chi connectivity index (χ1n) is 14.2. The van der Waals surface area contributed by atoms with Gasteiger partial charge in [0.1, 0.15) is 11.8 Å². The Balaban J connectivity index is 1.33.